The smallest absolute Gasteiger partial charge is 0.306 e. The number of unbranched alkanes of at least 4 members (excludes halogenated alkanes) is 24. The van der Waals surface area contributed by atoms with Crippen LogP contribution >= 0.6 is 0 Å². The summed E-state index contributed by atoms with van der Waals surface area (Å²) >= 11 is 0. The fraction of sp³-hybridized carbons (Fsp3) is 0.750. The van der Waals surface area contributed by atoms with Gasteiger partial charge in [-0.05, 0) is 96.3 Å². The van der Waals surface area contributed by atoms with E-state index in [4.69, 9.17) is 14.2 Å². The molecule has 0 saturated carbocycles. The van der Waals surface area contributed by atoms with Crippen molar-refractivity contribution in [1.82, 2.24) is 5.32 Å². The lowest BCUT2D eigenvalue weighted by atomic mass is 9.99. The van der Waals surface area contributed by atoms with E-state index >= 15 is 0 Å². The number of rotatable bonds is 50. The Morgan fingerprint density at radius 3 is 1.47 bits per heavy atom. The third-order valence-corrected chi connectivity index (χ3v) is 13.8. The first-order valence-corrected chi connectivity index (χ1v) is 30.4. The van der Waals surface area contributed by atoms with Gasteiger partial charge in [0.15, 0.2) is 12.4 Å². The van der Waals surface area contributed by atoms with E-state index in [1.54, 1.807) is 6.08 Å². The van der Waals surface area contributed by atoms with Gasteiger partial charge in [0.25, 0.3) is 0 Å². The molecule has 75 heavy (non-hydrogen) atoms. The van der Waals surface area contributed by atoms with Gasteiger partial charge in [0.05, 0.1) is 25.4 Å². The first kappa shape index (κ1) is 69.9. The second-order valence-corrected chi connectivity index (χ2v) is 20.7. The fourth-order valence-electron chi connectivity index (χ4n) is 8.97. The minimum atomic E-state index is -1.63. The van der Waals surface area contributed by atoms with Gasteiger partial charge in [0, 0.05) is 6.42 Å². The maximum absolute atomic E-state index is 13.4. The monoisotopic (exact) mass is 1050 g/mol. The molecule has 8 atom stereocenters. The largest absolute Gasteiger partial charge is 0.454 e. The number of ether oxygens (including phenoxy) is 3. The molecule has 1 heterocycles. The average molecular weight is 1050 g/mol. The summed E-state index contributed by atoms with van der Waals surface area (Å²) in [5, 5.41) is 56.9. The number of hydrogen-bond donors (Lipinski definition) is 6. The van der Waals surface area contributed by atoms with E-state index in [0.29, 0.717) is 12.8 Å². The number of allylic oxidation sites excluding steroid dienone is 13. The number of aliphatic hydroxyl groups excluding tert-OH is 5. The highest BCUT2D eigenvalue weighted by Crippen LogP contribution is 2.26. The molecule has 6 N–H and O–H groups in total. The van der Waals surface area contributed by atoms with Gasteiger partial charge in [0.1, 0.15) is 24.4 Å². The van der Waals surface area contributed by atoms with Crippen molar-refractivity contribution < 1.29 is 49.3 Å². The zero-order valence-electron chi connectivity index (χ0n) is 47.6. The van der Waals surface area contributed by atoms with Crippen molar-refractivity contribution in [3.63, 3.8) is 0 Å². The van der Waals surface area contributed by atoms with Crippen LogP contribution in [0, 0.1) is 0 Å². The van der Waals surface area contributed by atoms with E-state index in [0.717, 1.165) is 122 Å². The number of esters is 1. The van der Waals surface area contributed by atoms with Crippen LogP contribution in [-0.2, 0) is 23.8 Å². The highest BCUT2D eigenvalue weighted by atomic mass is 16.7. The SMILES string of the molecule is CC/C=C/C/C=C/CCCCCCCCC(O)C(=O)NC(COC1OC(CO)C(O)C(O)C1OC(=O)CCCCCCC/C=C\C/C=C\C/C=C\C/C=C\CCCCC)C(O)/C=C/CCCCCCCCCCCC. The molecule has 0 aromatic rings. The summed E-state index contributed by atoms with van der Waals surface area (Å²) in [6.45, 7) is 5.62. The van der Waals surface area contributed by atoms with Crippen LogP contribution in [0.2, 0.25) is 0 Å². The van der Waals surface area contributed by atoms with Gasteiger partial charge in [-0.25, -0.2) is 0 Å². The summed E-state index contributed by atoms with van der Waals surface area (Å²) < 4.78 is 17.6. The Morgan fingerprint density at radius 1 is 0.533 bits per heavy atom. The molecule has 1 fully saturated rings. The Hall–Kier alpha value is -3.16. The van der Waals surface area contributed by atoms with Crippen molar-refractivity contribution in [1.29, 1.82) is 0 Å². The fourth-order valence-corrected chi connectivity index (χ4v) is 8.97. The van der Waals surface area contributed by atoms with E-state index in [1.165, 1.54) is 77.0 Å². The zero-order chi connectivity index (χ0) is 54.7. The molecule has 1 saturated heterocycles. The van der Waals surface area contributed by atoms with Gasteiger partial charge in [-0.15, -0.1) is 0 Å². The normalized spacial score (nSPS) is 19.8. The third kappa shape index (κ3) is 39.8. The topological polar surface area (TPSA) is 175 Å². The Morgan fingerprint density at radius 2 is 0.960 bits per heavy atom. The molecule has 0 spiro atoms. The third-order valence-electron chi connectivity index (χ3n) is 13.8. The number of carbonyl (C=O) groups excluding carboxylic acids is 2. The lowest BCUT2D eigenvalue weighted by Crippen LogP contribution is -2.61. The molecule has 432 valence electrons. The first-order chi connectivity index (χ1) is 36.7. The Kier molecular flexibility index (Phi) is 48.0. The second-order valence-electron chi connectivity index (χ2n) is 20.7. The van der Waals surface area contributed by atoms with Gasteiger partial charge in [0.2, 0.25) is 5.91 Å². The van der Waals surface area contributed by atoms with Gasteiger partial charge < -0.3 is 45.1 Å². The van der Waals surface area contributed by atoms with Crippen LogP contribution in [0.3, 0.4) is 0 Å². The molecular formula is C64H111NO10. The predicted octanol–water partition coefficient (Wildman–Crippen LogP) is 14.2. The maximum atomic E-state index is 13.4. The van der Waals surface area contributed by atoms with Crippen molar-refractivity contribution >= 4 is 11.9 Å². The quantitative estimate of drug-likeness (QED) is 0.0195. The summed E-state index contributed by atoms with van der Waals surface area (Å²) in [5.74, 6) is -1.23. The number of nitrogens with one attached hydrogen (secondary N) is 1. The zero-order valence-corrected chi connectivity index (χ0v) is 47.6. The van der Waals surface area contributed by atoms with Crippen molar-refractivity contribution in [3.05, 3.63) is 85.1 Å². The van der Waals surface area contributed by atoms with E-state index in [1.807, 2.05) is 6.08 Å². The van der Waals surface area contributed by atoms with Crippen LogP contribution in [-0.4, -0.2) is 99.6 Å². The lowest BCUT2D eigenvalue weighted by Gasteiger charge is -2.41. The summed E-state index contributed by atoms with van der Waals surface area (Å²) in [4.78, 5) is 26.5. The van der Waals surface area contributed by atoms with E-state index in [-0.39, 0.29) is 19.4 Å². The van der Waals surface area contributed by atoms with Crippen molar-refractivity contribution in [2.45, 2.75) is 294 Å². The van der Waals surface area contributed by atoms with Crippen molar-refractivity contribution in [2.75, 3.05) is 13.2 Å². The Balaban J connectivity index is 2.69. The van der Waals surface area contributed by atoms with Gasteiger partial charge in [-0.1, -0.05) is 228 Å². The van der Waals surface area contributed by atoms with Crippen molar-refractivity contribution in [2.24, 2.45) is 0 Å². The molecule has 11 heteroatoms. The second kappa shape index (κ2) is 51.6. The van der Waals surface area contributed by atoms with Crippen molar-refractivity contribution in [3.8, 4) is 0 Å². The molecule has 8 unspecified atom stereocenters. The number of hydrogen-bond acceptors (Lipinski definition) is 10. The van der Waals surface area contributed by atoms with E-state index < -0.39 is 67.4 Å². The minimum Gasteiger partial charge on any atom is -0.454 e. The molecule has 1 aliphatic heterocycles. The Bertz CT molecular complexity index is 1540. The number of aliphatic hydroxyl groups is 5. The molecule has 0 aliphatic carbocycles. The highest BCUT2D eigenvalue weighted by molar-refractivity contribution is 5.80. The Labute approximate surface area is 457 Å². The van der Waals surface area contributed by atoms with E-state index in [2.05, 4.69) is 99.0 Å². The van der Waals surface area contributed by atoms with Gasteiger partial charge >= 0.3 is 5.97 Å². The first-order valence-electron chi connectivity index (χ1n) is 30.4. The predicted molar refractivity (Wildman–Crippen MR) is 310 cm³/mol. The van der Waals surface area contributed by atoms with Crippen LogP contribution in [0.15, 0.2) is 85.1 Å². The summed E-state index contributed by atoms with van der Waals surface area (Å²) in [6, 6.07) is -1.04. The molecule has 1 aliphatic rings. The van der Waals surface area contributed by atoms with Gasteiger partial charge in [-0.2, -0.15) is 0 Å². The summed E-state index contributed by atoms with van der Waals surface area (Å²) in [5.41, 5.74) is 0. The molecule has 0 aromatic carbocycles. The van der Waals surface area contributed by atoms with E-state index in [9.17, 15) is 35.1 Å². The number of carbonyl (C=O) groups is 2. The minimum absolute atomic E-state index is 0.0980. The van der Waals surface area contributed by atoms with Crippen LogP contribution in [0.4, 0.5) is 0 Å². The average Bonchev–Trinajstić information content (AvgIpc) is 3.41. The number of amides is 1. The molecule has 0 bridgehead atoms. The van der Waals surface area contributed by atoms with Crippen LogP contribution < -0.4 is 5.32 Å². The molecule has 0 aromatic heterocycles. The molecular weight excluding hydrogens is 943 g/mol. The van der Waals surface area contributed by atoms with Gasteiger partial charge in [-0.3, -0.25) is 9.59 Å². The summed E-state index contributed by atoms with van der Waals surface area (Å²) in [7, 11) is 0. The molecule has 0 radical (unpaired) electrons. The molecule has 1 rings (SSSR count). The highest BCUT2D eigenvalue weighted by Gasteiger charge is 2.47. The summed E-state index contributed by atoms with van der Waals surface area (Å²) in [6.07, 6.45) is 56.2. The standard InChI is InChI=1S/C64H111NO10/c1-4-7-10-13-16-19-22-25-26-27-28-29-30-31-32-34-37-40-43-46-49-52-59(69)75-62-61(71)60(70)58(53-66)74-64(62)73-54-55(56(67)50-47-44-41-38-35-24-21-18-15-12-9-6-3)65-63(72)57(68)51-48-45-42-39-36-33-23-20-17-14-11-8-5-2/h8,11,16-17,19-20,25-26,28-29,31-32,47,50,55-58,60-62,64,66-68,70-71H,4-7,9-10,12-15,18,21-24,27,30,33-46,48-49,51-54H2,1-3H3,(H,65,72)/b11-8+,19-16-,20-17+,26-25-,29-28-,32-31-,50-47+. The maximum Gasteiger partial charge on any atom is 0.306 e. The lowest BCUT2D eigenvalue weighted by molar-refractivity contribution is -0.305. The van der Waals surface area contributed by atoms with Crippen LogP contribution in [0.1, 0.15) is 245 Å². The molecule has 11 nitrogen and oxygen atoms in total. The molecule has 1 amide bonds. The van der Waals surface area contributed by atoms with Crippen LogP contribution in [0.5, 0.6) is 0 Å². The van der Waals surface area contributed by atoms with Crippen LogP contribution in [0.25, 0.3) is 0 Å².